The molecule has 0 spiro atoms. The molecule has 0 unspecified atom stereocenters. The van der Waals surface area contributed by atoms with Crippen molar-refractivity contribution in [2.24, 2.45) is 5.73 Å². The molecule has 1 aliphatic heterocycles. The first kappa shape index (κ1) is 15.8. The van der Waals surface area contributed by atoms with E-state index in [4.69, 9.17) is 15.2 Å². The van der Waals surface area contributed by atoms with E-state index < -0.39 is 0 Å². The highest BCUT2D eigenvalue weighted by Gasteiger charge is 2.30. The Bertz CT molecular complexity index is 492. The molecule has 3 rings (SSSR count). The summed E-state index contributed by atoms with van der Waals surface area (Å²) in [4.78, 5) is 2.43. The molecule has 1 aliphatic carbocycles. The number of nitrogens with zero attached hydrogens (tertiary/aromatic N) is 1. The molecular formula is C18H28N2O2. The average molecular weight is 304 g/mol. The third kappa shape index (κ3) is 3.45. The fraction of sp³-hybridized carbons (Fsp3) is 0.667. The van der Waals surface area contributed by atoms with E-state index >= 15 is 0 Å². The van der Waals surface area contributed by atoms with E-state index in [9.17, 15) is 0 Å². The van der Waals surface area contributed by atoms with Crippen LogP contribution in [0.15, 0.2) is 18.2 Å². The predicted molar refractivity (Wildman–Crippen MR) is 88.0 cm³/mol. The van der Waals surface area contributed by atoms with Gasteiger partial charge in [-0.1, -0.05) is 25.3 Å². The molecule has 1 aromatic rings. The van der Waals surface area contributed by atoms with E-state index in [1.165, 1.54) is 30.4 Å². The average Bonchev–Trinajstić information content (AvgIpc) is 2.56. The number of nitrogens with two attached hydrogens (primary N) is 1. The van der Waals surface area contributed by atoms with Gasteiger partial charge in [-0.2, -0.15) is 0 Å². The summed E-state index contributed by atoms with van der Waals surface area (Å²) in [5, 5.41) is 0. The second kappa shape index (κ2) is 6.99. The van der Waals surface area contributed by atoms with Gasteiger partial charge >= 0.3 is 0 Å². The van der Waals surface area contributed by atoms with Crippen LogP contribution >= 0.6 is 0 Å². The first-order valence-corrected chi connectivity index (χ1v) is 8.48. The lowest BCUT2D eigenvalue weighted by Crippen LogP contribution is -2.39. The molecule has 122 valence electrons. The van der Waals surface area contributed by atoms with Crippen LogP contribution in [0.4, 0.5) is 0 Å². The number of rotatable bonds is 4. The summed E-state index contributed by atoms with van der Waals surface area (Å²) in [5.74, 6) is 0.967. The van der Waals surface area contributed by atoms with Gasteiger partial charge in [0.25, 0.3) is 0 Å². The number of hydrogen-bond acceptors (Lipinski definition) is 4. The van der Waals surface area contributed by atoms with Crippen molar-refractivity contribution in [1.82, 2.24) is 4.90 Å². The van der Waals surface area contributed by atoms with Crippen LogP contribution in [0.3, 0.4) is 0 Å². The van der Waals surface area contributed by atoms with Gasteiger partial charge in [-0.3, -0.25) is 4.90 Å². The lowest BCUT2D eigenvalue weighted by atomic mass is 9.77. The van der Waals surface area contributed by atoms with E-state index in [-0.39, 0.29) is 5.54 Å². The monoisotopic (exact) mass is 304 g/mol. The summed E-state index contributed by atoms with van der Waals surface area (Å²) in [6, 6.07) is 6.53. The van der Waals surface area contributed by atoms with Crippen molar-refractivity contribution in [3.63, 3.8) is 0 Å². The number of hydrogen-bond donors (Lipinski definition) is 1. The van der Waals surface area contributed by atoms with Crippen LogP contribution in [0.5, 0.6) is 5.75 Å². The van der Waals surface area contributed by atoms with E-state index in [0.29, 0.717) is 0 Å². The molecule has 0 atom stereocenters. The molecule has 0 aromatic heterocycles. The van der Waals surface area contributed by atoms with Gasteiger partial charge in [0, 0.05) is 30.7 Å². The van der Waals surface area contributed by atoms with Crippen molar-refractivity contribution in [3.05, 3.63) is 29.3 Å². The molecule has 1 heterocycles. The van der Waals surface area contributed by atoms with E-state index in [1.54, 1.807) is 7.11 Å². The minimum absolute atomic E-state index is 0.149. The van der Waals surface area contributed by atoms with Gasteiger partial charge in [-0.15, -0.1) is 0 Å². The number of ether oxygens (including phenoxy) is 2. The van der Waals surface area contributed by atoms with Gasteiger partial charge in [0.05, 0.1) is 20.3 Å². The van der Waals surface area contributed by atoms with E-state index in [1.807, 2.05) is 0 Å². The molecular weight excluding hydrogens is 276 g/mol. The van der Waals surface area contributed by atoms with Crippen molar-refractivity contribution in [3.8, 4) is 5.75 Å². The molecule has 1 aromatic carbocycles. The van der Waals surface area contributed by atoms with Crippen molar-refractivity contribution in [1.29, 1.82) is 0 Å². The van der Waals surface area contributed by atoms with E-state index in [0.717, 1.165) is 51.4 Å². The Labute approximate surface area is 133 Å². The molecule has 22 heavy (non-hydrogen) atoms. The fourth-order valence-corrected chi connectivity index (χ4v) is 3.68. The summed E-state index contributed by atoms with van der Waals surface area (Å²) >= 11 is 0. The minimum Gasteiger partial charge on any atom is -0.496 e. The van der Waals surface area contributed by atoms with Crippen LogP contribution in [-0.4, -0.2) is 38.3 Å². The first-order valence-electron chi connectivity index (χ1n) is 8.48. The summed E-state index contributed by atoms with van der Waals surface area (Å²) in [7, 11) is 1.75. The van der Waals surface area contributed by atoms with Crippen molar-refractivity contribution in [2.75, 3.05) is 33.4 Å². The van der Waals surface area contributed by atoms with Crippen LogP contribution in [0, 0.1) is 0 Å². The molecule has 0 amide bonds. The van der Waals surface area contributed by atoms with Crippen molar-refractivity contribution >= 4 is 0 Å². The highest BCUT2D eigenvalue weighted by molar-refractivity contribution is 5.40. The zero-order chi connectivity index (χ0) is 15.4. The number of benzene rings is 1. The highest BCUT2D eigenvalue weighted by Crippen LogP contribution is 2.36. The van der Waals surface area contributed by atoms with Crippen LogP contribution in [0.1, 0.15) is 43.2 Å². The number of methoxy groups -OCH3 is 1. The van der Waals surface area contributed by atoms with Crippen molar-refractivity contribution in [2.45, 2.75) is 44.2 Å². The quantitative estimate of drug-likeness (QED) is 0.929. The molecule has 1 saturated heterocycles. The maximum atomic E-state index is 6.70. The maximum Gasteiger partial charge on any atom is 0.123 e. The second-order valence-corrected chi connectivity index (χ2v) is 6.63. The Morgan fingerprint density at radius 1 is 1.18 bits per heavy atom. The van der Waals surface area contributed by atoms with Crippen LogP contribution < -0.4 is 10.5 Å². The summed E-state index contributed by atoms with van der Waals surface area (Å²) < 4.78 is 11.0. The molecule has 4 heteroatoms. The van der Waals surface area contributed by atoms with Gasteiger partial charge in [-0.05, 0) is 30.5 Å². The van der Waals surface area contributed by atoms with E-state index in [2.05, 4.69) is 23.1 Å². The molecule has 0 radical (unpaired) electrons. The lowest BCUT2D eigenvalue weighted by molar-refractivity contribution is 0.0338. The van der Waals surface area contributed by atoms with Gasteiger partial charge in [0.1, 0.15) is 5.75 Å². The minimum atomic E-state index is -0.149. The SMILES string of the molecule is COc1ccc(C2(N)CCCCC2)cc1CN1CCOCC1. The third-order valence-electron chi connectivity index (χ3n) is 5.10. The topological polar surface area (TPSA) is 47.7 Å². The largest absolute Gasteiger partial charge is 0.496 e. The molecule has 2 aliphatic rings. The number of morpholine rings is 1. The van der Waals surface area contributed by atoms with Crippen LogP contribution in [0.25, 0.3) is 0 Å². The third-order valence-corrected chi connectivity index (χ3v) is 5.10. The molecule has 1 saturated carbocycles. The lowest BCUT2D eigenvalue weighted by Gasteiger charge is -2.35. The highest BCUT2D eigenvalue weighted by atomic mass is 16.5. The Hall–Kier alpha value is -1.10. The first-order chi connectivity index (χ1) is 10.7. The Morgan fingerprint density at radius 3 is 2.59 bits per heavy atom. The fourth-order valence-electron chi connectivity index (χ4n) is 3.68. The maximum absolute atomic E-state index is 6.70. The summed E-state index contributed by atoms with van der Waals surface area (Å²) in [6.07, 6.45) is 5.98. The summed E-state index contributed by atoms with van der Waals surface area (Å²) in [5.41, 5.74) is 9.07. The molecule has 0 bridgehead atoms. The van der Waals surface area contributed by atoms with Crippen molar-refractivity contribution < 1.29 is 9.47 Å². The van der Waals surface area contributed by atoms with Gasteiger partial charge in [-0.25, -0.2) is 0 Å². The van der Waals surface area contributed by atoms with Crippen LogP contribution in [-0.2, 0) is 16.8 Å². The smallest absolute Gasteiger partial charge is 0.123 e. The second-order valence-electron chi connectivity index (χ2n) is 6.63. The van der Waals surface area contributed by atoms with Gasteiger partial charge in [0.15, 0.2) is 0 Å². The van der Waals surface area contributed by atoms with Gasteiger partial charge < -0.3 is 15.2 Å². The molecule has 4 nitrogen and oxygen atoms in total. The molecule has 2 N–H and O–H groups in total. The standard InChI is InChI=1S/C18H28N2O2/c1-21-17-6-5-16(18(19)7-3-2-4-8-18)13-15(17)14-20-9-11-22-12-10-20/h5-6,13H,2-4,7-12,14,19H2,1H3. The normalized spacial score (nSPS) is 22.5. The summed E-state index contributed by atoms with van der Waals surface area (Å²) in [6.45, 7) is 4.53. The van der Waals surface area contributed by atoms with Gasteiger partial charge in [0.2, 0.25) is 0 Å². The Morgan fingerprint density at radius 2 is 1.91 bits per heavy atom. The predicted octanol–water partition coefficient (Wildman–Crippen LogP) is 2.65. The van der Waals surface area contributed by atoms with Crippen LogP contribution in [0.2, 0.25) is 0 Å². The zero-order valence-electron chi connectivity index (χ0n) is 13.6. The zero-order valence-corrected chi connectivity index (χ0v) is 13.6. The Balaban J connectivity index is 1.82. The Kier molecular flexibility index (Phi) is 5.01. The molecule has 2 fully saturated rings.